The van der Waals surface area contributed by atoms with Gasteiger partial charge in [0.25, 0.3) is 0 Å². The standard InChI is InChI=1S/C7H15NO3S/c1-2-8-3-4-12(10,11)6-7(8)5-9/h7,9H,2-6H2,1H3/t7-/m1/s1. The summed E-state index contributed by atoms with van der Waals surface area (Å²) in [5.41, 5.74) is 0. The summed E-state index contributed by atoms with van der Waals surface area (Å²) in [6.07, 6.45) is 0. The van der Waals surface area contributed by atoms with Gasteiger partial charge in [0.1, 0.15) is 0 Å². The molecule has 0 aromatic rings. The summed E-state index contributed by atoms with van der Waals surface area (Å²) in [5, 5.41) is 8.92. The van der Waals surface area contributed by atoms with Gasteiger partial charge in [-0.25, -0.2) is 8.42 Å². The molecular weight excluding hydrogens is 178 g/mol. The maximum atomic E-state index is 11.1. The van der Waals surface area contributed by atoms with E-state index in [4.69, 9.17) is 5.11 Å². The van der Waals surface area contributed by atoms with Gasteiger partial charge in [0.05, 0.1) is 18.1 Å². The van der Waals surface area contributed by atoms with E-state index in [1.165, 1.54) is 0 Å². The van der Waals surface area contributed by atoms with E-state index in [0.717, 1.165) is 6.54 Å². The number of aliphatic hydroxyl groups excluding tert-OH is 1. The first-order valence-electron chi connectivity index (χ1n) is 4.14. The maximum Gasteiger partial charge on any atom is 0.153 e. The SMILES string of the molecule is CCN1CCS(=O)(=O)C[C@H]1CO. The van der Waals surface area contributed by atoms with Gasteiger partial charge in [-0.3, -0.25) is 4.90 Å². The molecule has 0 amide bonds. The highest BCUT2D eigenvalue weighted by molar-refractivity contribution is 7.91. The molecule has 1 saturated heterocycles. The normalized spacial score (nSPS) is 30.3. The molecule has 5 heteroatoms. The Morgan fingerprint density at radius 2 is 2.25 bits per heavy atom. The van der Waals surface area contributed by atoms with Gasteiger partial charge in [0.2, 0.25) is 0 Å². The zero-order valence-electron chi connectivity index (χ0n) is 7.23. The molecule has 1 aliphatic heterocycles. The second-order valence-electron chi connectivity index (χ2n) is 3.08. The molecule has 1 N–H and O–H groups in total. The Hall–Kier alpha value is -0.130. The van der Waals surface area contributed by atoms with E-state index >= 15 is 0 Å². The molecule has 1 heterocycles. The Morgan fingerprint density at radius 1 is 1.58 bits per heavy atom. The van der Waals surface area contributed by atoms with Crippen molar-refractivity contribution < 1.29 is 13.5 Å². The molecule has 1 fully saturated rings. The predicted molar refractivity (Wildman–Crippen MR) is 46.8 cm³/mol. The largest absolute Gasteiger partial charge is 0.395 e. The first-order valence-corrected chi connectivity index (χ1v) is 5.96. The smallest absolute Gasteiger partial charge is 0.153 e. The summed E-state index contributed by atoms with van der Waals surface area (Å²) >= 11 is 0. The highest BCUT2D eigenvalue weighted by Crippen LogP contribution is 2.10. The highest BCUT2D eigenvalue weighted by atomic mass is 32.2. The van der Waals surface area contributed by atoms with Crippen molar-refractivity contribution in [2.45, 2.75) is 13.0 Å². The molecule has 0 radical (unpaired) electrons. The molecule has 1 rings (SSSR count). The zero-order valence-corrected chi connectivity index (χ0v) is 8.05. The van der Waals surface area contributed by atoms with E-state index in [2.05, 4.69) is 0 Å². The van der Waals surface area contributed by atoms with Gasteiger partial charge in [-0.05, 0) is 6.54 Å². The van der Waals surface area contributed by atoms with Crippen molar-refractivity contribution in [3.63, 3.8) is 0 Å². The summed E-state index contributed by atoms with van der Waals surface area (Å²) in [6, 6.07) is -0.186. The van der Waals surface area contributed by atoms with Crippen molar-refractivity contribution in [1.82, 2.24) is 4.90 Å². The molecule has 1 aliphatic rings. The van der Waals surface area contributed by atoms with E-state index in [0.29, 0.717) is 6.54 Å². The third-order valence-electron chi connectivity index (χ3n) is 2.27. The van der Waals surface area contributed by atoms with Crippen molar-refractivity contribution in [2.24, 2.45) is 0 Å². The van der Waals surface area contributed by atoms with Crippen molar-refractivity contribution in [1.29, 1.82) is 0 Å². The number of hydrogen-bond acceptors (Lipinski definition) is 4. The van der Waals surface area contributed by atoms with Crippen LogP contribution in [0.25, 0.3) is 0 Å². The molecule has 0 bridgehead atoms. The van der Waals surface area contributed by atoms with Crippen LogP contribution in [0.1, 0.15) is 6.92 Å². The molecule has 0 aromatic carbocycles. The van der Waals surface area contributed by atoms with Crippen molar-refractivity contribution in [3.8, 4) is 0 Å². The van der Waals surface area contributed by atoms with E-state index < -0.39 is 9.84 Å². The van der Waals surface area contributed by atoms with Crippen LogP contribution in [0.4, 0.5) is 0 Å². The average Bonchev–Trinajstić information content (AvgIpc) is 2.03. The topological polar surface area (TPSA) is 57.6 Å². The fourth-order valence-corrected chi connectivity index (χ4v) is 3.09. The van der Waals surface area contributed by atoms with Crippen LogP contribution in [0.3, 0.4) is 0 Å². The molecule has 1 atom stereocenters. The minimum Gasteiger partial charge on any atom is -0.395 e. The number of sulfone groups is 1. The summed E-state index contributed by atoms with van der Waals surface area (Å²) in [4.78, 5) is 2.00. The van der Waals surface area contributed by atoms with E-state index in [9.17, 15) is 8.42 Å². The van der Waals surface area contributed by atoms with Crippen LogP contribution < -0.4 is 0 Å². The lowest BCUT2D eigenvalue weighted by Crippen LogP contribution is -2.49. The fourth-order valence-electron chi connectivity index (χ4n) is 1.51. The van der Waals surface area contributed by atoms with Crippen LogP contribution in [0.15, 0.2) is 0 Å². The molecule has 0 unspecified atom stereocenters. The molecular formula is C7H15NO3S. The summed E-state index contributed by atoms with van der Waals surface area (Å²) < 4.78 is 22.3. The van der Waals surface area contributed by atoms with Gasteiger partial charge in [-0.1, -0.05) is 6.92 Å². The number of aliphatic hydroxyl groups is 1. The molecule has 0 aliphatic carbocycles. The minimum absolute atomic E-state index is 0.0624. The maximum absolute atomic E-state index is 11.1. The van der Waals surface area contributed by atoms with Crippen LogP contribution >= 0.6 is 0 Å². The molecule has 4 nitrogen and oxygen atoms in total. The van der Waals surface area contributed by atoms with Crippen molar-refractivity contribution >= 4 is 9.84 Å². The quantitative estimate of drug-likeness (QED) is 0.617. The molecule has 0 aromatic heterocycles. The summed E-state index contributed by atoms with van der Waals surface area (Å²) in [5.74, 6) is 0.342. The second kappa shape index (κ2) is 3.72. The van der Waals surface area contributed by atoms with Gasteiger partial charge >= 0.3 is 0 Å². The number of nitrogens with zero attached hydrogens (tertiary/aromatic N) is 1. The van der Waals surface area contributed by atoms with Crippen LogP contribution in [0, 0.1) is 0 Å². The molecule has 12 heavy (non-hydrogen) atoms. The van der Waals surface area contributed by atoms with Gasteiger partial charge in [0.15, 0.2) is 9.84 Å². The van der Waals surface area contributed by atoms with Crippen molar-refractivity contribution in [3.05, 3.63) is 0 Å². The van der Waals surface area contributed by atoms with Crippen molar-refractivity contribution in [2.75, 3.05) is 31.2 Å². The lowest BCUT2D eigenvalue weighted by Gasteiger charge is -2.33. The number of likely N-dealkylation sites (N-methyl/N-ethyl adjacent to an activating group) is 1. The predicted octanol–water partition coefficient (Wildman–Crippen LogP) is -0.902. The van der Waals surface area contributed by atoms with Gasteiger partial charge in [0, 0.05) is 12.6 Å². The fraction of sp³-hybridized carbons (Fsp3) is 1.00. The van der Waals surface area contributed by atoms with Gasteiger partial charge in [-0.2, -0.15) is 0 Å². The monoisotopic (exact) mass is 193 g/mol. The van der Waals surface area contributed by atoms with E-state index in [1.54, 1.807) is 0 Å². The third-order valence-corrected chi connectivity index (χ3v) is 3.97. The molecule has 0 saturated carbocycles. The number of rotatable bonds is 2. The van der Waals surface area contributed by atoms with Gasteiger partial charge in [-0.15, -0.1) is 0 Å². The van der Waals surface area contributed by atoms with Crippen LogP contribution in [-0.4, -0.2) is 55.7 Å². The van der Waals surface area contributed by atoms with Crippen LogP contribution in [0.2, 0.25) is 0 Å². The van der Waals surface area contributed by atoms with E-state index in [-0.39, 0.29) is 24.2 Å². The Kier molecular flexibility index (Phi) is 3.09. The first-order chi connectivity index (χ1) is 5.59. The lowest BCUT2D eigenvalue weighted by molar-refractivity contribution is 0.142. The number of hydrogen-bond donors (Lipinski definition) is 1. The lowest BCUT2D eigenvalue weighted by atomic mass is 10.3. The Balaban J connectivity index is 2.66. The van der Waals surface area contributed by atoms with Crippen LogP contribution in [-0.2, 0) is 9.84 Å². The van der Waals surface area contributed by atoms with Crippen LogP contribution in [0.5, 0.6) is 0 Å². The molecule has 72 valence electrons. The summed E-state index contributed by atoms with van der Waals surface area (Å²) in [6.45, 7) is 3.28. The summed E-state index contributed by atoms with van der Waals surface area (Å²) in [7, 11) is -2.89. The Morgan fingerprint density at radius 3 is 2.75 bits per heavy atom. The Labute approximate surface area is 73.1 Å². The highest BCUT2D eigenvalue weighted by Gasteiger charge is 2.29. The van der Waals surface area contributed by atoms with E-state index in [1.807, 2.05) is 11.8 Å². The Bertz CT molecular complexity index is 237. The third kappa shape index (κ3) is 2.18. The first kappa shape index (κ1) is 9.95. The minimum atomic E-state index is -2.89. The average molecular weight is 193 g/mol. The molecule has 0 spiro atoms. The van der Waals surface area contributed by atoms with Gasteiger partial charge < -0.3 is 5.11 Å². The second-order valence-corrected chi connectivity index (χ2v) is 5.31. The zero-order chi connectivity index (χ0) is 9.19.